The molecular formula is C17H23N5S2. The molecule has 3 aromatic heterocycles. The van der Waals surface area contributed by atoms with Crippen LogP contribution in [0.15, 0.2) is 0 Å². The molecule has 0 spiro atoms. The van der Waals surface area contributed by atoms with Crippen LogP contribution in [0.4, 0.5) is 5.82 Å². The minimum absolute atomic E-state index is 0.558. The van der Waals surface area contributed by atoms with Crippen molar-refractivity contribution in [3.8, 4) is 0 Å². The number of thiophene rings is 1. The van der Waals surface area contributed by atoms with Crippen LogP contribution in [0.5, 0.6) is 0 Å². The lowest BCUT2D eigenvalue weighted by Gasteiger charge is -2.09. The molecule has 128 valence electrons. The molecule has 3 N–H and O–H groups in total. The fourth-order valence-electron chi connectivity index (χ4n) is 2.75. The molecule has 0 aliphatic carbocycles. The summed E-state index contributed by atoms with van der Waals surface area (Å²) in [4.78, 5) is 17.6. The lowest BCUT2D eigenvalue weighted by atomic mass is 10.2. The number of hydrogen-bond acceptors (Lipinski definition) is 7. The van der Waals surface area contributed by atoms with Gasteiger partial charge in [0.25, 0.3) is 0 Å². The normalized spacial score (nSPS) is 11.4. The highest BCUT2D eigenvalue weighted by Crippen LogP contribution is 2.33. The third kappa shape index (κ3) is 3.29. The third-order valence-electron chi connectivity index (χ3n) is 4.08. The number of nitrogens with one attached hydrogen (secondary N) is 1. The van der Waals surface area contributed by atoms with E-state index in [1.54, 1.807) is 22.7 Å². The largest absolute Gasteiger partial charge is 0.364 e. The number of hydrogen-bond donors (Lipinski definition) is 2. The summed E-state index contributed by atoms with van der Waals surface area (Å²) in [6.07, 6.45) is 1.65. The molecular weight excluding hydrogens is 338 g/mol. The van der Waals surface area contributed by atoms with E-state index in [0.717, 1.165) is 39.8 Å². The number of anilines is 1. The highest BCUT2D eigenvalue weighted by Gasteiger charge is 2.15. The first-order valence-electron chi connectivity index (χ1n) is 8.19. The molecule has 3 heterocycles. The van der Waals surface area contributed by atoms with Gasteiger partial charge >= 0.3 is 0 Å². The van der Waals surface area contributed by atoms with E-state index in [0.29, 0.717) is 13.0 Å². The van der Waals surface area contributed by atoms with Crippen LogP contribution in [0.1, 0.15) is 38.8 Å². The van der Waals surface area contributed by atoms with Crippen LogP contribution in [0.2, 0.25) is 0 Å². The molecule has 0 unspecified atom stereocenters. The van der Waals surface area contributed by atoms with E-state index >= 15 is 0 Å². The maximum atomic E-state index is 5.69. The Morgan fingerprint density at radius 1 is 1.08 bits per heavy atom. The van der Waals surface area contributed by atoms with Gasteiger partial charge in [-0.15, -0.1) is 22.7 Å². The van der Waals surface area contributed by atoms with Crippen LogP contribution in [0, 0.1) is 20.8 Å². The van der Waals surface area contributed by atoms with Gasteiger partial charge in [0.15, 0.2) is 0 Å². The third-order valence-corrected chi connectivity index (χ3v) is 6.19. The van der Waals surface area contributed by atoms with E-state index in [1.165, 1.54) is 21.0 Å². The van der Waals surface area contributed by atoms with Gasteiger partial charge in [0.1, 0.15) is 16.5 Å². The molecule has 24 heavy (non-hydrogen) atoms. The molecule has 0 amide bonds. The average molecular weight is 362 g/mol. The zero-order valence-corrected chi connectivity index (χ0v) is 16.2. The lowest BCUT2D eigenvalue weighted by molar-refractivity contribution is 0.879. The van der Waals surface area contributed by atoms with Crippen LogP contribution in [-0.2, 0) is 19.4 Å². The van der Waals surface area contributed by atoms with Gasteiger partial charge in [-0.2, -0.15) is 0 Å². The predicted octanol–water partition coefficient (Wildman–Crippen LogP) is 3.75. The second-order valence-corrected chi connectivity index (χ2v) is 8.29. The first kappa shape index (κ1) is 17.3. The SMILES string of the molecule is CCc1nc(C)sc1CNc1nc(CCN)nc2sc(C)c(C)c12. The Bertz CT molecular complexity index is 866. The molecule has 0 radical (unpaired) electrons. The van der Waals surface area contributed by atoms with Gasteiger partial charge < -0.3 is 11.1 Å². The summed E-state index contributed by atoms with van der Waals surface area (Å²) in [5.41, 5.74) is 8.13. The molecule has 0 saturated carbocycles. The number of fused-ring (bicyclic) bond motifs is 1. The summed E-state index contributed by atoms with van der Waals surface area (Å²) < 4.78 is 0. The molecule has 3 aromatic rings. The minimum Gasteiger partial charge on any atom is -0.364 e. The molecule has 0 atom stereocenters. The van der Waals surface area contributed by atoms with E-state index in [-0.39, 0.29) is 0 Å². The topological polar surface area (TPSA) is 76.7 Å². The molecule has 3 rings (SSSR count). The second kappa shape index (κ2) is 7.13. The van der Waals surface area contributed by atoms with Gasteiger partial charge in [-0.3, -0.25) is 0 Å². The Morgan fingerprint density at radius 3 is 2.58 bits per heavy atom. The molecule has 0 bridgehead atoms. The number of rotatable bonds is 6. The zero-order chi connectivity index (χ0) is 17.3. The van der Waals surface area contributed by atoms with E-state index in [1.807, 2.05) is 0 Å². The zero-order valence-electron chi connectivity index (χ0n) is 14.6. The van der Waals surface area contributed by atoms with Crippen molar-refractivity contribution in [1.82, 2.24) is 15.0 Å². The predicted molar refractivity (Wildman–Crippen MR) is 103 cm³/mol. The quantitative estimate of drug-likeness (QED) is 0.699. The van der Waals surface area contributed by atoms with E-state index < -0.39 is 0 Å². The van der Waals surface area contributed by atoms with Crippen LogP contribution in [0.25, 0.3) is 10.2 Å². The Hall–Kier alpha value is -1.57. The van der Waals surface area contributed by atoms with Gasteiger partial charge in [-0.25, -0.2) is 15.0 Å². The highest BCUT2D eigenvalue weighted by atomic mass is 32.1. The van der Waals surface area contributed by atoms with Crippen molar-refractivity contribution in [3.63, 3.8) is 0 Å². The maximum Gasteiger partial charge on any atom is 0.139 e. The highest BCUT2D eigenvalue weighted by molar-refractivity contribution is 7.18. The molecule has 0 saturated heterocycles. The Balaban J connectivity index is 1.97. The van der Waals surface area contributed by atoms with Crippen LogP contribution in [0.3, 0.4) is 0 Å². The minimum atomic E-state index is 0.558. The molecule has 0 fully saturated rings. The van der Waals surface area contributed by atoms with E-state index in [4.69, 9.17) is 10.7 Å². The molecule has 0 aliphatic rings. The standard InChI is InChI=1S/C17H23N5S2/c1-5-12-13(24-11(4)20-12)8-19-16-15-9(2)10(3)23-17(15)22-14(21-16)6-7-18/h5-8,18H2,1-4H3,(H,19,21,22). The van der Waals surface area contributed by atoms with Crippen LogP contribution >= 0.6 is 22.7 Å². The van der Waals surface area contributed by atoms with Crippen molar-refractivity contribution in [2.24, 2.45) is 5.73 Å². The molecule has 0 aromatic carbocycles. The van der Waals surface area contributed by atoms with Gasteiger partial charge in [-0.05, 0) is 39.3 Å². The number of thiazole rings is 1. The Morgan fingerprint density at radius 2 is 1.88 bits per heavy atom. The monoisotopic (exact) mass is 361 g/mol. The summed E-state index contributed by atoms with van der Waals surface area (Å²) in [6, 6.07) is 0. The fraction of sp³-hybridized carbons (Fsp3) is 0.471. The van der Waals surface area contributed by atoms with Crippen LogP contribution in [-0.4, -0.2) is 21.5 Å². The van der Waals surface area contributed by atoms with Crippen molar-refractivity contribution < 1.29 is 0 Å². The number of aromatic nitrogens is 3. The van der Waals surface area contributed by atoms with Gasteiger partial charge in [0.05, 0.1) is 22.6 Å². The van der Waals surface area contributed by atoms with Crippen molar-refractivity contribution in [3.05, 3.63) is 31.8 Å². The summed E-state index contributed by atoms with van der Waals surface area (Å²) in [7, 11) is 0. The summed E-state index contributed by atoms with van der Waals surface area (Å²) in [5.74, 6) is 1.73. The van der Waals surface area contributed by atoms with Gasteiger partial charge in [0.2, 0.25) is 0 Å². The van der Waals surface area contributed by atoms with Crippen LogP contribution < -0.4 is 11.1 Å². The fourth-order valence-corrected chi connectivity index (χ4v) is 4.77. The number of nitrogens with zero attached hydrogens (tertiary/aromatic N) is 3. The lowest BCUT2D eigenvalue weighted by Crippen LogP contribution is -2.09. The molecule has 5 nitrogen and oxygen atoms in total. The summed E-state index contributed by atoms with van der Waals surface area (Å²) >= 11 is 3.48. The maximum absolute atomic E-state index is 5.69. The molecule has 7 heteroatoms. The van der Waals surface area contributed by atoms with Crippen molar-refractivity contribution in [1.29, 1.82) is 0 Å². The van der Waals surface area contributed by atoms with Gasteiger partial charge in [-0.1, -0.05) is 6.92 Å². The second-order valence-electron chi connectivity index (χ2n) is 5.80. The number of aryl methyl sites for hydroxylation is 4. The van der Waals surface area contributed by atoms with Crippen molar-refractivity contribution in [2.45, 2.75) is 47.1 Å². The number of nitrogens with two attached hydrogens (primary N) is 1. The first-order chi connectivity index (χ1) is 11.5. The smallest absolute Gasteiger partial charge is 0.139 e. The first-order valence-corrected chi connectivity index (χ1v) is 9.82. The Kier molecular flexibility index (Phi) is 5.12. The summed E-state index contributed by atoms with van der Waals surface area (Å²) in [5, 5.41) is 5.78. The van der Waals surface area contributed by atoms with Gasteiger partial charge in [0, 0.05) is 16.2 Å². The van der Waals surface area contributed by atoms with E-state index in [9.17, 15) is 0 Å². The average Bonchev–Trinajstić information content (AvgIpc) is 3.05. The van der Waals surface area contributed by atoms with Crippen molar-refractivity contribution in [2.75, 3.05) is 11.9 Å². The Labute approximate surface area is 150 Å². The summed E-state index contributed by atoms with van der Waals surface area (Å²) in [6.45, 7) is 9.78. The van der Waals surface area contributed by atoms with Crippen molar-refractivity contribution >= 4 is 38.7 Å². The van der Waals surface area contributed by atoms with E-state index in [2.05, 4.69) is 43.0 Å². The molecule has 0 aliphatic heterocycles.